The Labute approximate surface area is 190 Å². The fourth-order valence-electron chi connectivity index (χ4n) is 4.06. The van der Waals surface area contributed by atoms with Crippen molar-refractivity contribution < 1.29 is 32.5 Å². The summed E-state index contributed by atoms with van der Waals surface area (Å²) in [5.74, 6) is 0.250. The Hall–Kier alpha value is -2.66. The van der Waals surface area contributed by atoms with E-state index in [0.29, 0.717) is 5.52 Å². The van der Waals surface area contributed by atoms with Crippen molar-refractivity contribution in [2.24, 2.45) is 0 Å². The monoisotopic (exact) mass is 470 g/mol. The molecule has 2 N–H and O–H groups in total. The number of nitrogens with one attached hydrogen (secondary N) is 1. The number of halogens is 3. The summed E-state index contributed by atoms with van der Waals surface area (Å²) >= 11 is 0. The molecule has 3 atom stereocenters. The molecule has 3 rings (SSSR count). The molecule has 11 heteroatoms. The van der Waals surface area contributed by atoms with Gasteiger partial charge < -0.3 is 19.9 Å². The second kappa shape index (κ2) is 8.94. The standard InChI is InChI=1S/C22H29F3N4O4/c1-20(2,3)33-19(30)27-13-9-11-29(16(12-13)22(23,24)25)21(4,31)14-8-10-26-15-6-7-17(32-5)28-18(14)15/h6-8,10,13,16,31H,9,11-12H2,1-5H3,(H,27,30)/t13-,16-,21+/m0/s1. The summed E-state index contributed by atoms with van der Waals surface area (Å²) < 4.78 is 52.6. The first-order valence-electron chi connectivity index (χ1n) is 10.6. The number of aliphatic hydroxyl groups is 1. The number of rotatable bonds is 4. The topological polar surface area (TPSA) is 96.8 Å². The summed E-state index contributed by atoms with van der Waals surface area (Å²) in [5, 5.41) is 14.0. The summed E-state index contributed by atoms with van der Waals surface area (Å²) in [7, 11) is 1.42. The van der Waals surface area contributed by atoms with Gasteiger partial charge in [-0.25, -0.2) is 9.78 Å². The van der Waals surface area contributed by atoms with E-state index in [1.54, 1.807) is 32.9 Å². The van der Waals surface area contributed by atoms with Gasteiger partial charge >= 0.3 is 12.3 Å². The van der Waals surface area contributed by atoms with E-state index in [-0.39, 0.29) is 29.9 Å². The molecule has 0 spiro atoms. The Balaban J connectivity index is 1.91. The van der Waals surface area contributed by atoms with Gasteiger partial charge in [-0.3, -0.25) is 9.88 Å². The Morgan fingerprint density at radius 3 is 2.52 bits per heavy atom. The number of alkyl carbamates (subject to hydrolysis) is 1. The van der Waals surface area contributed by atoms with E-state index in [4.69, 9.17) is 9.47 Å². The summed E-state index contributed by atoms with van der Waals surface area (Å²) in [5.41, 5.74) is -1.94. The van der Waals surface area contributed by atoms with Crippen LogP contribution in [0.2, 0.25) is 0 Å². The first-order chi connectivity index (χ1) is 15.2. The molecule has 2 aromatic heterocycles. The predicted molar refractivity (Wildman–Crippen MR) is 115 cm³/mol. The highest BCUT2D eigenvalue weighted by Gasteiger charge is 2.52. The minimum absolute atomic E-state index is 0.120. The third-order valence-corrected chi connectivity index (χ3v) is 5.54. The van der Waals surface area contributed by atoms with Crippen LogP contribution < -0.4 is 10.1 Å². The van der Waals surface area contributed by atoms with Crippen molar-refractivity contribution in [3.63, 3.8) is 0 Å². The Morgan fingerprint density at radius 1 is 1.21 bits per heavy atom. The number of carbonyl (C=O) groups is 1. The Kier molecular flexibility index (Phi) is 6.77. The molecule has 1 aliphatic rings. The normalized spacial score (nSPS) is 22.0. The molecule has 1 saturated heterocycles. The van der Waals surface area contributed by atoms with Crippen molar-refractivity contribution in [1.29, 1.82) is 0 Å². The van der Waals surface area contributed by atoms with Gasteiger partial charge in [-0.2, -0.15) is 13.2 Å². The molecule has 0 radical (unpaired) electrons. The molecule has 1 aliphatic heterocycles. The predicted octanol–water partition coefficient (Wildman–Crippen LogP) is 3.72. The molecule has 33 heavy (non-hydrogen) atoms. The van der Waals surface area contributed by atoms with Crippen LogP contribution in [0.4, 0.5) is 18.0 Å². The lowest BCUT2D eigenvalue weighted by Gasteiger charge is -2.47. The maximum absolute atomic E-state index is 14.1. The van der Waals surface area contributed by atoms with Crippen molar-refractivity contribution in [2.45, 2.75) is 70.1 Å². The number of fused-ring (bicyclic) bond motifs is 1. The maximum atomic E-state index is 14.1. The molecular weight excluding hydrogens is 441 g/mol. The third kappa shape index (κ3) is 5.64. The number of ether oxygens (including phenoxy) is 2. The van der Waals surface area contributed by atoms with Crippen LogP contribution in [-0.2, 0) is 10.5 Å². The fraction of sp³-hybridized carbons (Fsp3) is 0.591. The van der Waals surface area contributed by atoms with E-state index in [1.165, 1.54) is 26.3 Å². The third-order valence-electron chi connectivity index (χ3n) is 5.54. The second-order valence-electron chi connectivity index (χ2n) is 9.22. The summed E-state index contributed by atoms with van der Waals surface area (Å²) in [6.07, 6.45) is -4.24. The highest BCUT2D eigenvalue weighted by Crippen LogP contribution is 2.40. The van der Waals surface area contributed by atoms with Gasteiger partial charge in [0.05, 0.1) is 12.6 Å². The quantitative estimate of drug-likeness (QED) is 0.703. The number of alkyl halides is 3. The maximum Gasteiger partial charge on any atom is 0.407 e. The number of methoxy groups -OCH3 is 1. The van der Waals surface area contributed by atoms with Crippen LogP contribution in [-0.4, -0.2) is 63.6 Å². The lowest BCUT2D eigenvalue weighted by Crippen LogP contribution is -2.61. The number of hydrogen-bond acceptors (Lipinski definition) is 7. The zero-order valence-corrected chi connectivity index (χ0v) is 19.2. The number of carbonyl (C=O) groups excluding carboxylic acids is 1. The molecule has 0 aromatic carbocycles. The summed E-state index contributed by atoms with van der Waals surface area (Å²) in [6, 6.07) is 1.90. The van der Waals surface area contributed by atoms with Gasteiger partial charge in [-0.15, -0.1) is 0 Å². The van der Waals surface area contributed by atoms with Crippen LogP contribution >= 0.6 is 0 Å². The number of nitrogens with zero attached hydrogens (tertiary/aromatic N) is 3. The minimum atomic E-state index is -4.65. The second-order valence-corrected chi connectivity index (χ2v) is 9.22. The minimum Gasteiger partial charge on any atom is -0.481 e. The molecule has 1 amide bonds. The van der Waals surface area contributed by atoms with Gasteiger partial charge in [-0.1, -0.05) is 0 Å². The number of hydrogen-bond donors (Lipinski definition) is 2. The number of aromatic nitrogens is 2. The van der Waals surface area contributed by atoms with Gasteiger partial charge in [0, 0.05) is 30.4 Å². The van der Waals surface area contributed by atoms with Crippen LogP contribution in [0.5, 0.6) is 5.88 Å². The number of amides is 1. The lowest BCUT2D eigenvalue weighted by molar-refractivity contribution is -0.243. The number of likely N-dealkylation sites (tertiary alicyclic amines) is 1. The van der Waals surface area contributed by atoms with Gasteiger partial charge in [0.15, 0.2) is 0 Å². The van der Waals surface area contributed by atoms with Crippen molar-refractivity contribution >= 4 is 17.1 Å². The number of piperidine rings is 1. The van der Waals surface area contributed by atoms with E-state index >= 15 is 0 Å². The smallest absolute Gasteiger partial charge is 0.407 e. The van der Waals surface area contributed by atoms with E-state index in [1.807, 2.05) is 0 Å². The molecule has 0 unspecified atom stereocenters. The first-order valence-corrected chi connectivity index (χ1v) is 10.6. The summed E-state index contributed by atoms with van der Waals surface area (Å²) in [4.78, 5) is 21.6. The van der Waals surface area contributed by atoms with Crippen LogP contribution in [0.3, 0.4) is 0 Å². The average molecular weight is 470 g/mol. The molecule has 0 bridgehead atoms. The van der Waals surface area contributed by atoms with Crippen molar-refractivity contribution in [3.05, 3.63) is 30.0 Å². The zero-order valence-electron chi connectivity index (χ0n) is 19.2. The van der Waals surface area contributed by atoms with Gasteiger partial charge in [0.2, 0.25) is 5.88 Å². The van der Waals surface area contributed by atoms with E-state index in [0.717, 1.165) is 4.90 Å². The van der Waals surface area contributed by atoms with E-state index in [2.05, 4.69) is 15.3 Å². The van der Waals surface area contributed by atoms with Crippen LogP contribution in [0.1, 0.15) is 46.1 Å². The van der Waals surface area contributed by atoms with Gasteiger partial charge in [-0.05, 0) is 52.7 Å². The van der Waals surface area contributed by atoms with Crippen molar-refractivity contribution in [1.82, 2.24) is 20.2 Å². The van der Waals surface area contributed by atoms with Crippen molar-refractivity contribution in [3.8, 4) is 5.88 Å². The molecule has 182 valence electrons. The van der Waals surface area contributed by atoms with Crippen molar-refractivity contribution in [2.75, 3.05) is 13.7 Å². The fourth-order valence-corrected chi connectivity index (χ4v) is 4.06. The molecule has 8 nitrogen and oxygen atoms in total. The molecular formula is C22H29F3N4O4. The highest BCUT2D eigenvalue weighted by atomic mass is 19.4. The van der Waals surface area contributed by atoms with Crippen LogP contribution in [0.25, 0.3) is 11.0 Å². The van der Waals surface area contributed by atoms with Crippen LogP contribution in [0.15, 0.2) is 24.4 Å². The van der Waals surface area contributed by atoms with E-state index < -0.39 is 42.1 Å². The number of pyridine rings is 2. The molecule has 0 saturated carbocycles. The lowest BCUT2D eigenvalue weighted by atomic mass is 9.91. The molecule has 1 fully saturated rings. The first kappa shape index (κ1) is 25.0. The van der Waals surface area contributed by atoms with Gasteiger partial charge in [0.1, 0.15) is 22.9 Å². The average Bonchev–Trinajstić information content (AvgIpc) is 2.70. The van der Waals surface area contributed by atoms with E-state index in [9.17, 15) is 23.1 Å². The Bertz CT molecular complexity index is 1010. The SMILES string of the molecule is COc1ccc2nccc([C@@](C)(O)N3CC[C@H](NC(=O)OC(C)(C)C)C[C@H]3C(F)(F)F)c2n1. The molecule has 0 aliphatic carbocycles. The van der Waals surface area contributed by atoms with Gasteiger partial charge in [0.25, 0.3) is 0 Å². The molecule has 3 heterocycles. The summed E-state index contributed by atoms with van der Waals surface area (Å²) in [6.45, 7) is 6.21. The highest BCUT2D eigenvalue weighted by molar-refractivity contribution is 5.79. The molecule has 2 aromatic rings. The largest absolute Gasteiger partial charge is 0.481 e. The Morgan fingerprint density at radius 2 is 1.91 bits per heavy atom. The zero-order chi connectivity index (χ0) is 24.6. The van der Waals surface area contributed by atoms with Crippen LogP contribution in [0, 0.1) is 0 Å².